The summed E-state index contributed by atoms with van der Waals surface area (Å²) in [7, 11) is 1.57. The molecule has 1 saturated heterocycles. The molecule has 1 aliphatic heterocycles. The van der Waals surface area contributed by atoms with E-state index < -0.39 is 17.5 Å². The quantitative estimate of drug-likeness (QED) is 0.760. The van der Waals surface area contributed by atoms with E-state index in [1.165, 1.54) is 0 Å². The molecule has 0 aromatic carbocycles. The molecule has 6 heteroatoms. The fraction of sp³-hybridized carbons (Fsp3) is 0.857. The molecule has 0 spiro atoms. The Bertz CT molecular complexity index is 355. The van der Waals surface area contributed by atoms with Crippen molar-refractivity contribution < 1.29 is 24.2 Å². The largest absolute Gasteiger partial charge is 0.481 e. The number of carbonyl (C=O) groups is 2. The molecule has 2 unspecified atom stereocenters. The van der Waals surface area contributed by atoms with Crippen LogP contribution in [0.2, 0.25) is 0 Å². The van der Waals surface area contributed by atoms with E-state index in [0.717, 1.165) is 6.42 Å². The summed E-state index contributed by atoms with van der Waals surface area (Å²) >= 11 is 0. The molecular weight excluding hydrogens is 262 g/mol. The highest BCUT2D eigenvalue weighted by Gasteiger charge is 2.40. The smallest absolute Gasteiger partial charge is 0.311 e. The molecule has 0 saturated carbocycles. The lowest BCUT2D eigenvalue weighted by Gasteiger charge is -2.33. The monoisotopic (exact) mass is 287 g/mol. The lowest BCUT2D eigenvalue weighted by Crippen LogP contribution is -2.48. The molecule has 0 bridgehead atoms. The number of methoxy groups -OCH3 is 1. The summed E-state index contributed by atoms with van der Waals surface area (Å²) < 4.78 is 10.5. The Morgan fingerprint density at radius 2 is 2.05 bits per heavy atom. The summed E-state index contributed by atoms with van der Waals surface area (Å²) in [5.74, 6) is -1.64. The molecule has 0 aromatic rings. The van der Waals surface area contributed by atoms with Gasteiger partial charge in [0.05, 0.1) is 31.3 Å². The highest BCUT2D eigenvalue weighted by atomic mass is 16.5. The number of carboxylic acids is 1. The topological polar surface area (TPSA) is 76.1 Å². The van der Waals surface area contributed by atoms with E-state index in [1.807, 2.05) is 20.8 Å². The van der Waals surface area contributed by atoms with Crippen LogP contribution in [0.3, 0.4) is 0 Å². The molecule has 1 heterocycles. The van der Waals surface area contributed by atoms with Crippen molar-refractivity contribution in [1.82, 2.24) is 4.90 Å². The molecule has 0 aliphatic carbocycles. The van der Waals surface area contributed by atoms with Crippen LogP contribution in [0.15, 0.2) is 0 Å². The minimum Gasteiger partial charge on any atom is -0.481 e. The lowest BCUT2D eigenvalue weighted by atomic mass is 9.99. The molecule has 116 valence electrons. The van der Waals surface area contributed by atoms with Crippen molar-refractivity contribution in [3.05, 3.63) is 0 Å². The maximum Gasteiger partial charge on any atom is 0.311 e. The summed E-state index contributed by atoms with van der Waals surface area (Å²) in [6, 6.07) is -0.382. The van der Waals surface area contributed by atoms with Gasteiger partial charge in [0.1, 0.15) is 5.92 Å². The first-order valence-corrected chi connectivity index (χ1v) is 6.97. The van der Waals surface area contributed by atoms with E-state index in [9.17, 15) is 14.7 Å². The minimum atomic E-state index is -0.910. The van der Waals surface area contributed by atoms with Crippen LogP contribution in [0, 0.1) is 5.92 Å². The average molecular weight is 287 g/mol. The van der Waals surface area contributed by atoms with Gasteiger partial charge in [-0.25, -0.2) is 0 Å². The second kappa shape index (κ2) is 7.04. The molecule has 2 atom stereocenters. The third-order valence-electron chi connectivity index (χ3n) is 3.68. The van der Waals surface area contributed by atoms with Gasteiger partial charge in [-0.05, 0) is 20.3 Å². The number of ether oxygens (including phenoxy) is 2. The number of rotatable bonds is 7. The fourth-order valence-electron chi connectivity index (χ4n) is 2.34. The first kappa shape index (κ1) is 16.9. The van der Waals surface area contributed by atoms with Gasteiger partial charge in [0.25, 0.3) is 0 Å². The maximum absolute atomic E-state index is 12.5. The Kier molecular flexibility index (Phi) is 5.95. The summed E-state index contributed by atoms with van der Waals surface area (Å²) in [5, 5.41) is 9.22. The van der Waals surface area contributed by atoms with Crippen molar-refractivity contribution in [2.75, 3.05) is 26.9 Å². The lowest BCUT2D eigenvalue weighted by molar-refractivity contribution is -0.146. The number of hydrogen-bond donors (Lipinski definition) is 1. The maximum atomic E-state index is 12.5. The summed E-state index contributed by atoms with van der Waals surface area (Å²) in [5.41, 5.74) is -0.554. The van der Waals surface area contributed by atoms with Crippen LogP contribution in [0.5, 0.6) is 0 Å². The Morgan fingerprint density at radius 1 is 1.40 bits per heavy atom. The zero-order chi connectivity index (χ0) is 15.3. The zero-order valence-corrected chi connectivity index (χ0v) is 12.7. The van der Waals surface area contributed by atoms with Crippen LogP contribution in [-0.2, 0) is 19.1 Å². The molecule has 6 nitrogen and oxygen atoms in total. The normalized spacial score (nSPS) is 22.8. The van der Waals surface area contributed by atoms with Gasteiger partial charge in [-0.2, -0.15) is 0 Å². The third-order valence-corrected chi connectivity index (χ3v) is 3.68. The molecule has 20 heavy (non-hydrogen) atoms. The van der Waals surface area contributed by atoms with Crippen LogP contribution in [0.25, 0.3) is 0 Å². The van der Waals surface area contributed by atoms with Crippen LogP contribution in [0.4, 0.5) is 0 Å². The van der Waals surface area contributed by atoms with Gasteiger partial charge in [-0.3, -0.25) is 9.59 Å². The van der Waals surface area contributed by atoms with Gasteiger partial charge >= 0.3 is 5.97 Å². The van der Waals surface area contributed by atoms with Crippen molar-refractivity contribution in [3.63, 3.8) is 0 Å². The molecule has 1 N–H and O–H groups in total. The minimum absolute atomic E-state index is 0.0829. The molecule has 1 aliphatic rings. The van der Waals surface area contributed by atoms with Crippen molar-refractivity contribution in [1.29, 1.82) is 0 Å². The average Bonchev–Trinajstić information content (AvgIpc) is 2.84. The van der Waals surface area contributed by atoms with E-state index in [2.05, 4.69) is 0 Å². The van der Waals surface area contributed by atoms with E-state index in [4.69, 9.17) is 9.47 Å². The second-order valence-corrected chi connectivity index (χ2v) is 5.78. The number of aliphatic carboxylic acids is 1. The number of carbonyl (C=O) groups excluding carboxylic acids is 1. The highest BCUT2D eigenvalue weighted by Crippen LogP contribution is 2.23. The summed E-state index contributed by atoms with van der Waals surface area (Å²) in [6.07, 6.45) is 1.01. The van der Waals surface area contributed by atoms with E-state index >= 15 is 0 Å². The van der Waals surface area contributed by atoms with Gasteiger partial charge in [-0.1, -0.05) is 6.92 Å². The van der Waals surface area contributed by atoms with Crippen molar-refractivity contribution >= 4 is 11.9 Å². The summed E-state index contributed by atoms with van der Waals surface area (Å²) in [4.78, 5) is 25.3. The SMILES string of the molecule is CCCN(C(=O)CC(C)(C)OC)C1COCC1C(=O)O. The number of carboxylic acid groups (broad SMARTS) is 1. The van der Waals surface area contributed by atoms with Crippen LogP contribution < -0.4 is 0 Å². The first-order valence-electron chi connectivity index (χ1n) is 6.97. The second-order valence-electron chi connectivity index (χ2n) is 5.78. The zero-order valence-electron chi connectivity index (χ0n) is 12.7. The Hall–Kier alpha value is -1.14. The number of amides is 1. The fourth-order valence-corrected chi connectivity index (χ4v) is 2.34. The Morgan fingerprint density at radius 3 is 2.55 bits per heavy atom. The molecule has 0 aromatic heterocycles. The van der Waals surface area contributed by atoms with Crippen molar-refractivity contribution in [2.45, 2.75) is 45.3 Å². The van der Waals surface area contributed by atoms with Crippen molar-refractivity contribution in [3.8, 4) is 0 Å². The van der Waals surface area contributed by atoms with Crippen molar-refractivity contribution in [2.24, 2.45) is 5.92 Å². The van der Waals surface area contributed by atoms with E-state index in [-0.39, 0.29) is 31.6 Å². The predicted octanol–water partition coefficient (Wildman–Crippen LogP) is 1.14. The predicted molar refractivity (Wildman–Crippen MR) is 73.4 cm³/mol. The highest BCUT2D eigenvalue weighted by molar-refractivity contribution is 5.79. The first-order chi connectivity index (χ1) is 9.32. The third kappa shape index (κ3) is 4.18. The number of nitrogens with zero attached hydrogens (tertiary/aromatic N) is 1. The van der Waals surface area contributed by atoms with Crippen LogP contribution >= 0.6 is 0 Å². The molecule has 0 radical (unpaired) electrons. The Balaban J connectivity index is 2.82. The molecule has 1 rings (SSSR count). The van der Waals surface area contributed by atoms with Gasteiger partial charge in [0.15, 0.2) is 0 Å². The van der Waals surface area contributed by atoms with Gasteiger partial charge in [0, 0.05) is 13.7 Å². The van der Waals surface area contributed by atoms with Crippen LogP contribution in [-0.4, -0.2) is 60.4 Å². The van der Waals surface area contributed by atoms with Gasteiger partial charge in [0.2, 0.25) is 5.91 Å². The summed E-state index contributed by atoms with van der Waals surface area (Å²) in [6.45, 7) is 6.64. The van der Waals surface area contributed by atoms with Gasteiger partial charge in [-0.15, -0.1) is 0 Å². The molecule has 1 fully saturated rings. The van der Waals surface area contributed by atoms with Gasteiger partial charge < -0.3 is 19.5 Å². The van der Waals surface area contributed by atoms with Crippen LogP contribution in [0.1, 0.15) is 33.6 Å². The molecular formula is C14H25NO5. The molecule has 1 amide bonds. The number of hydrogen-bond acceptors (Lipinski definition) is 4. The van der Waals surface area contributed by atoms with E-state index in [0.29, 0.717) is 6.54 Å². The van der Waals surface area contributed by atoms with E-state index in [1.54, 1.807) is 12.0 Å². The standard InChI is InChI=1S/C14H25NO5/c1-5-6-15(12(16)7-14(2,3)19-4)11-9-20-8-10(11)13(17)18/h10-11H,5-9H2,1-4H3,(H,17,18). The Labute approximate surface area is 120 Å².